The van der Waals surface area contributed by atoms with Crippen LogP contribution in [-0.2, 0) is 4.74 Å². The quantitative estimate of drug-likeness (QED) is 0.566. The normalized spacial score (nSPS) is 20.9. The van der Waals surface area contributed by atoms with Crippen molar-refractivity contribution in [2.24, 2.45) is 0 Å². The van der Waals surface area contributed by atoms with Gasteiger partial charge in [-0.2, -0.15) is 15.0 Å². The van der Waals surface area contributed by atoms with Crippen LogP contribution in [0.4, 0.5) is 0 Å². The van der Waals surface area contributed by atoms with Crippen molar-refractivity contribution < 1.29 is 18.7 Å². The van der Waals surface area contributed by atoms with Gasteiger partial charge in [0.1, 0.15) is 5.76 Å². The maximum Gasteiger partial charge on any atom is 0.360 e. The molecule has 9 nitrogen and oxygen atoms in total. The second-order valence-corrected chi connectivity index (χ2v) is 8.45. The smallest absolute Gasteiger partial charge is 0.360 e. The van der Waals surface area contributed by atoms with Crippen LogP contribution in [0.1, 0.15) is 76.9 Å². The Morgan fingerprint density at radius 3 is 2.50 bits per heavy atom. The number of benzene rings is 1. The lowest BCUT2D eigenvalue weighted by Crippen LogP contribution is -2.45. The first-order chi connectivity index (χ1) is 15.6. The van der Waals surface area contributed by atoms with Gasteiger partial charge in [-0.25, -0.2) is 9.78 Å². The third-order valence-corrected chi connectivity index (χ3v) is 6.26. The van der Waals surface area contributed by atoms with E-state index >= 15 is 0 Å². The van der Waals surface area contributed by atoms with E-state index in [0.717, 1.165) is 25.7 Å². The zero-order valence-corrected chi connectivity index (χ0v) is 18.1. The van der Waals surface area contributed by atoms with Gasteiger partial charge in [-0.05, 0) is 44.7 Å². The predicted octanol–water partition coefficient (Wildman–Crippen LogP) is 3.33. The third kappa shape index (κ3) is 3.68. The number of aromatic nitrogens is 4. The molecule has 166 valence electrons. The van der Waals surface area contributed by atoms with E-state index in [1.807, 2.05) is 30.0 Å². The highest BCUT2D eigenvalue weighted by Crippen LogP contribution is 2.43. The minimum atomic E-state index is -0.473. The largest absolute Gasteiger partial charge is 0.464 e. The first-order valence-electron chi connectivity index (χ1n) is 10.9. The fraction of sp³-hybridized carbons (Fsp3) is 0.435. The molecule has 32 heavy (non-hydrogen) atoms. The molecule has 1 saturated heterocycles. The zero-order valence-electron chi connectivity index (χ0n) is 18.1. The van der Waals surface area contributed by atoms with E-state index in [0.29, 0.717) is 29.4 Å². The minimum Gasteiger partial charge on any atom is -0.464 e. The van der Waals surface area contributed by atoms with Gasteiger partial charge in [0.2, 0.25) is 0 Å². The van der Waals surface area contributed by atoms with Crippen LogP contribution in [0, 0.1) is 0 Å². The van der Waals surface area contributed by atoms with E-state index in [2.05, 4.69) is 15.2 Å². The third-order valence-electron chi connectivity index (χ3n) is 6.26. The van der Waals surface area contributed by atoms with Crippen LogP contribution in [0.2, 0.25) is 0 Å². The lowest BCUT2D eigenvalue weighted by atomic mass is 9.92. The average Bonchev–Trinajstić information content (AvgIpc) is 3.33. The number of amides is 1. The van der Waals surface area contributed by atoms with Gasteiger partial charge in [-0.3, -0.25) is 4.79 Å². The van der Waals surface area contributed by atoms with E-state index in [1.54, 1.807) is 18.5 Å². The number of ether oxygens (including phenoxy) is 1. The van der Waals surface area contributed by atoms with Crippen molar-refractivity contribution in [3.63, 3.8) is 0 Å². The Bertz CT molecular complexity index is 1140. The molecular weight excluding hydrogens is 410 g/mol. The molecule has 1 amide bonds. The molecular formula is C23H25N5O4. The van der Waals surface area contributed by atoms with E-state index < -0.39 is 5.97 Å². The Morgan fingerprint density at radius 1 is 1.06 bits per heavy atom. The molecule has 1 aromatic carbocycles. The molecule has 2 unspecified atom stereocenters. The number of esters is 1. The molecule has 1 saturated carbocycles. The lowest BCUT2D eigenvalue weighted by Gasteiger charge is -2.37. The first-order valence-corrected chi connectivity index (χ1v) is 10.9. The standard InChI is InChI=1S/C23H25N5O4/c1-14-7-8-16(21-26-19(23(30)31-2)20(32-21)15-9-10-15)13-27(14)22(29)17-5-3-4-6-18(17)28-24-11-12-25-28/h3-6,11-12,14-16H,7-10,13H2,1-2H3. The number of hydrogen-bond donors (Lipinski definition) is 0. The van der Waals surface area contributed by atoms with Crippen molar-refractivity contribution in [3.05, 3.63) is 59.6 Å². The molecule has 9 heteroatoms. The van der Waals surface area contributed by atoms with Gasteiger partial charge in [0.25, 0.3) is 5.91 Å². The maximum atomic E-state index is 13.6. The summed E-state index contributed by atoms with van der Waals surface area (Å²) in [6.07, 6.45) is 6.79. The Kier molecular flexibility index (Phi) is 5.24. The number of nitrogens with zero attached hydrogens (tertiary/aromatic N) is 5. The highest BCUT2D eigenvalue weighted by molar-refractivity contribution is 5.98. The van der Waals surface area contributed by atoms with Gasteiger partial charge in [0.15, 0.2) is 11.6 Å². The van der Waals surface area contributed by atoms with Crippen LogP contribution in [0.25, 0.3) is 5.69 Å². The lowest BCUT2D eigenvalue weighted by molar-refractivity contribution is 0.0582. The summed E-state index contributed by atoms with van der Waals surface area (Å²) in [7, 11) is 1.35. The van der Waals surface area contributed by atoms with Gasteiger partial charge in [-0.15, -0.1) is 0 Å². The van der Waals surface area contributed by atoms with Crippen molar-refractivity contribution in [1.82, 2.24) is 24.9 Å². The molecule has 2 fully saturated rings. The van der Waals surface area contributed by atoms with Crippen LogP contribution in [0.15, 0.2) is 41.1 Å². The monoisotopic (exact) mass is 435 g/mol. The Morgan fingerprint density at radius 2 is 1.78 bits per heavy atom. The second kappa shape index (κ2) is 8.22. The molecule has 2 aromatic heterocycles. The van der Waals surface area contributed by atoms with E-state index in [1.165, 1.54) is 11.9 Å². The maximum absolute atomic E-state index is 13.6. The Hall–Kier alpha value is -3.49. The van der Waals surface area contributed by atoms with Gasteiger partial charge in [0, 0.05) is 18.5 Å². The molecule has 5 rings (SSSR count). The van der Waals surface area contributed by atoms with Crippen molar-refractivity contribution in [2.75, 3.05) is 13.7 Å². The molecule has 0 bridgehead atoms. The fourth-order valence-electron chi connectivity index (χ4n) is 4.30. The number of carbonyl (C=O) groups is 2. The van der Waals surface area contributed by atoms with Gasteiger partial charge in [-0.1, -0.05) is 12.1 Å². The van der Waals surface area contributed by atoms with Crippen LogP contribution < -0.4 is 0 Å². The van der Waals surface area contributed by atoms with Crippen molar-refractivity contribution in [1.29, 1.82) is 0 Å². The number of oxazole rings is 1. The summed E-state index contributed by atoms with van der Waals surface area (Å²) in [5, 5.41) is 8.36. The number of piperidine rings is 1. The fourth-order valence-corrected chi connectivity index (χ4v) is 4.30. The van der Waals surface area contributed by atoms with Crippen molar-refractivity contribution >= 4 is 11.9 Å². The van der Waals surface area contributed by atoms with Crippen LogP contribution >= 0.6 is 0 Å². The highest BCUT2D eigenvalue weighted by atomic mass is 16.5. The van der Waals surface area contributed by atoms with Gasteiger partial charge >= 0.3 is 5.97 Å². The molecule has 1 aliphatic carbocycles. The Labute approximate surface area is 185 Å². The summed E-state index contributed by atoms with van der Waals surface area (Å²) in [6, 6.07) is 7.39. The molecule has 2 aliphatic rings. The second-order valence-electron chi connectivity index (χ2n) is 8.45. The number of likely N-dealkylation sites (tertiary alicyclic amines) is 1. The number of para-hydroxylation sites is 1. The first kappa shape index (κ1) is 20.4. The average molecular weight is 435 g/mol. The predicted molar refractivity (Wildman–Crippen MR) is 114 cm³/mol. The zero-order chi connectivity index (χ0) is 22.2. The topological polar surface area (TPSA) is 103 Å². The number of methoxy groups -OCH3 is 1. The van der Waals surface area contributed by atoms with Crippen LogP contribution in [0.5, 0.6) is 0 Å². The molecule has 3 heterocycles. The van der Waals surface area contributed by atoms with Gasteiger partial charge in [0.05, 0.1) is 36.7 Å². The number of hydrogen-bond acceptors (Lipinski definition) is 7. The molecule has 0 radical (unpaired) electrons. The Balaban J connectivity index is 1.43. The van der Waals surface area contributed by atoms with Crippen LogP contribution in [0.3, 0.4) is 0 Å². The van der Waals surface area contributed by atoms with Crippen molar-refractivity contribution in [3.8, 4) is 5.69 Å². The van der Waals surface area contributed by atoms with Crippen molar-refractivity contribution in [2.45, 2.75) is 50.5 Å². The number of rotatable bonds is 5. The summed E-state index contributed by atoms with van der Waals surface area (Å²) in [6.45, 7) is 2.51. The summed E-state index contributed by atoms with van der Waals surface area (Å²) in [5.74, 6) is 0.731. The highest BCUT2D eigenvalue weighted by Gasteiger charge is 2.38. The summed E-state index contributed by atoms with van der Waals surface area (Å²) < 4.78 is 11.0. The number of carbonyl (C=O) groups excluding carboxylic acids is 2. The van der Waals surface area contributed by atoms with E-state index in [-0.39, 0.29) is 29.5 Å². The molecule has 1 aliphatic heterocycles. The molecule has 0 N–H and O–H groups in total. The van der Waals surface area contributed by atoms with E-state index in [9.17, 15) is 9.59 Å². The van der Waals surface area contributed by atoms with Crippen LogP contribution in [-0.4, -0.2) is 56.5 Å². The summed E-state index contributed by atoms with van der Waals surface area (Å²) in [5.41, 5.74) is 1.45. The molecule has 3 aromatic rings. The molecule has 0 spiro atoms. The summed E-state index contributed by atoms with van der Waals surface area (Å²) >= 11 is 0. The minimum absolute atomic E-state index is 0.0651. The molecule has 2 atom stereocenters. The summed E-state index contributed by atoms with van der Waals surface area (Å²) in [4.78, 5) is 33.6. The van der Waals surface area contributed by atoms with Gasteiger partial charge < -0.3 is 14.1 Å². The SMILES string of the molecule is COC(=O)c1nc(C2CCC(C)N(C(=O)c3ccccc3-n3nccn3)C2)oc1C1CC1. The van der Waals surface area contributed by atoms with E-state index in [4.69, 9.17) is 9.15 Å².